The average molecular weight is 307 g/mol. The maximum atomic E-state index is 12.8. The van der Waals surface area contributed by atoms with Crippen molar-refractivity contribution in [2.45, 2.75) is 25.6 Å². The van der Waals surface area contributed by atoms with E-state index in [0.717, 1.165) is 10.4 Å². The van der Waals surface area contributed by atoms with Gasteiger partial charge in [-0.25, -0.2) is 4.98 Å². The molecule has 0 saturated carbocycles. The molecule has 0 bridgehead atoms. The van der Waals surface area contributed by atoms with E-state index in [0.29, 0.717) is 24.3 Å². The molecule has 1 aromatic heterocycles. The maximum absolute atomic E-state index is 12.8. The molecule has 9 heteroatoms. The summed E-state index contributed by atoms with van der Waals surface area (Å²) in [5.74, 6) is -1.17. The van der Waals surface area contributed by atoms with Gasteiger partial charge in [0.05, 0.1) is 5.51 Å². The summed E-state index contributed by atoms with van der Waals surface area (Å²) in [5, 5.41) is 2.60. The summed E-state index contributed by atoms with van der Waals surface area (Å²) in [6.07, 6.45) is -4.18. The van der Waals surface area contributed by atoms with Gasteiger partial charge in [-0.05, 0) is 13.3 Å². The van der Waals surface area contributed by atoms with Crippen molar-refractivity contribution in [2.75, 3.05) is 13.1 Å². The molecule has 1 aromatic rings. The molecule has 1 aliphatic rings. The Morgan fingerprint density at radius 2 is 2.25 bits per heavy atom. The van der Waals surface area contributed by atoms with Crippen molar-refractivity contribution in [2.24, 2.45) is 0 Å². The van der Waals surface area contributed by atoms with Gasteiger partial charge in [-0.3, -0.25) is 9.59 Å². The Kier molecular flexibility index (Phi) is 3.98. The number of hydrogen-bond donors (Lipinski definition) is 1. The van der Waals surface area contributed by atoms with E-state index in [9.17, 15) is 22.8 Å². The largest absolute Gasteiger partial charge is 0.434 e. The topological polar surface area (TPSA) is 62.3 Å². The molecule has 0 unspecified atom stereocenters. The van der Waals surface area contributed by atoms with Gasteiger partial charge in [0, 0.05) is 13.1 Å². The highest BCUT2D eigenvalue weighted by atomic mass is 32.1. The normalized spacial score (nSPS) is 20.5. The maximum Gasteiger partial charge on any atom is 0.434 e. The zero-order chi connectivity index (χ0) is 14.9. The third-order valence-electron chi connectivity index (χ3n) is 3.01. The quantitative estimate of drug-likeness (QED) is 0.855. The minimum Gasteiger partial charge on any atom is -0.354 e. The number of hydrogen-bond acceptors (Lipinski definition) is 4. The van der Waals surface area contributed by atoms with Gasteiger partial charge in [0.25, 0.3) is 5.91 Å². The lowest BCUT2D eigenvalue weighted by atomic mass is 10.2. The average Bonchev–Trinajstić information content (AvgIpc) is 2.80. The molecular formula is C11H12F3N3O2S. The Balaban J connectivity index is 2.31. The van der Waals surface area contributed by atoms with Crippen LogP contribution in [0.5, 0.6) is 0 Å². The summed E-state index contributed by atoms with van der Waals surface area (Å²) in [4.78, 5) is 27.8. The summed E-state index contributed by atoms with van der Waals surface area (Å²) >= 11 is 0.634. The van der Waals surface area contributed by atoms with Gasteiger partial charge < -0.3 is 10.2 Å². The van der Waals surface area contributed by atoms with Crippen molar-refractivity contribution in [3.63, 3.8) is 0 Å². The predicted octanol–water partition coefficient (Wildman–Crippen LogP) is 1.51. The molecule has 2 rings (SSSR count). The fourth-order valence-corrected chi connectivity index (χ4v) is 2.71. The second-order valence-electron chi connectivity index (χ2n) is 4.35. The van der Waals surface area contributed by atoms with Crippen LogP contribution in [0.2, 0.25) is 0 Å². The van der Waals surface area contributed by atoms with E-state index >= 15 is 0 Å². The first-order valence-corrected chi connectivity index (χ1v) is 6.79. The number of nitrogens with one attached hydrogen (secondary N) is 1. The van der Waals surface area contributed by atoms with Gasteiger partial charge >= 0.3 is 6.18 Å². The molecule has 2 heterocycles. The lowest BCUT2D eigenvalue weighted by molar-refractivity contribution is -0.141. The highest BCUT2D eigenvalue weighted by Gasteiger charge is 2.40. The molecule has 0 spiro atoms. The van der Waals surface area contributed by atoms with Crippen molar-refractivity contribution >= 4 is 23.2 Å². The van der Waals surface area contributed by atoms with Gasteiger partial charge in [-0.1, -0.05) is 0 Å². The number of aromatic nitrogens is 1. The molecule has 1 atom stereocenters. The molecule has 0 aromatic carbocycles. The number of halogens is 3. The smallest absolute Gasteiger partial charge is 0.354 e. The SMILES string of the molecule is C[C@H]1C(=O)NCCCN1C(=O)c1scnc1C(F)(F)F. The summed E-state index contributed by atoms with van der Waals surface area (Å²) in [6.45, 7) is 2.13. The molecule has 20 heavy (non-hydrogen) atoms. The van der Waals surface area contributed by atoms with Gasteiger partial charge in [0.2, 0.25) is 5.91 Å². The predicted molar refractivity (Wildman–Crippen MR) is 65.2 cm³/mol. The van der Waals surface area contributed by atoms with Crippen molar-refractivity contribution < 1.29 is 22.8 Å². The molecule has 2 amide bonds. The number of alkyl halides is 3. The van der Waals surface area contributed by atoms with Crippen LogP contribution in [0, 0.1) is 0 Å². The number of carbonyl (C=O) groups excluding carboxylic acids is 2. The summed E-state index contributed by atoms with van der Waals surface area (Å²) in [7, 11) is 0. The van der Waals surface area contributed by atoms with E-state index < -0.39 is 28.7 Å². The van der Waals surface area contributed by atoms with Crippen LogP contribution in [0.3, 0.4) is 0 Å². The Bertz CT molecular complexity index is 529. The zero-order valence-corrected chi connectivity index (χ0v) is 11.3. The van der Waals surface area contributed by atoms with E-state index in [-0.39, 0.29) is 12.5 Å². The van der Waals surface area contributed by atoms with Gasteiger partial charge in [-0.2, -0.15) is 13.2 Å². The van der Waals surface area contributed by atoms with E-state index in [1.165, 1.54) is 6.92 Å². The Morgan fingerprint density at radius 3 is 2.90 bits per heavy atom. The summed E-state index contributed by atoms with van der Waals surface area (Å²) in [5.41, 5.74) is -0.206. The fourth-order valence-electron chi connectivity index (χ4n) is 1.95. The molecule has 0 aliphatic carbocycles. The monoisotopic (exact) mass is 307 g/mol. The standard InChI is InChI=1S/C11H12F3N3O2S/c1-6-9(18)15-3-2-4-17(6)10(19)7-8(11(12,13)14)16-5-20-7/h5-6H,2-4H2,1H3,(H,15,18)/t6-/m0/s1. The van der Waals surface area contributed by atoms with Gasteiger partial charge in [0.1, 0.15) is 10.9 Å². The molecule has 1 fully saturated rings. The van der Waals surface area contributed by atoms with Crippen LogP contribution in [0.1, 0.15) is 28.7 Å². The van der Waals surface area contributed by atoms with Gasteiger partial charge in [-0.15, -0.1) is 11.3 Å². The Hall–Kier alpha value is -1.64. The first kappa shape index (κ1) is 14.8. The molecule has 110 valence electrons. The number of rotatable bonds is 1. The highest BCUT2D eigenvalue weighted by molar-refractivity contribution is 7.11. The minimum absolute atomic E-state index is 0.230. The van der Waals surface area contributed by atoms with E-state index in [2.05, 4.69) is 10.3 Å². The zero-order valence-electron chi connectivity index (χ0n) is 10.5. The van der Waals surface area contributed by atoms with Crippen LogP contribution in [0.25, 0.3) is 0 Å². The van der Waals surface area contributed by atoms with E-state index in [1.54, 1.807) is 0 Å². The Morgan fingerprint density at radius 1 is 1.55 bits per heavy atom. The molecule has 1 saturated heterocycles. The van der Waals surface area contributed by atoms with Crippen LogP contribution in [-0.2, 0) is 11.0 Å². The van der Waals surface area contributed by atoms with Crippen LogP contribution < -0.4 is 5.32 Å². The molecule has 1 N–H and O–H groups in total. The van der Waals surface area contributed by atoms with Crippen LogP contribution in [0.15, 0.2) is 5.51 Å². The Labute approximate surface area is 116 Å². The number of nitrogens with zero attached hydrogens (tertiary/aromatic N) is 2. The van der Waals surface area contributed by atoms with Gasteiger partial charge in [0.15, 0.2) is 5.69 Å². The first-order chi connectivity index (χ1) is 9.32. The second-order valence-corrected chi connectivity index (χ2v) is 5.20. The minimum atomic E-state index is -4.68. The van der Waals surface area contributed by atoms with Crippen LogP contribution in [-0.4, -0.2) is 40.8 Å². The van der Waals surface area contributed by atoms with Crippen LogP contribution >= 0.6 is 11.3 Å². The third-order valence-corrected chi connectivity index (χ3v) is 3.83. The number of carbonyl (C=O) groups is 2. The fraction of sp³-hybridized carbons (Fsp3) is 0.545. The highest BCUT2D eigenvalue weighted by Crippen LogP contribution is 2.33. The van der Waals surface area contributed by atoms with Crippen molar-refractivity contribution in [1.82, 2.24) is 15.2 Å². The molecule has 1 aliphatic heterocycles. The third kappa shape index (κ3) is 2.77. The molecule has 5 nitrogen and oxygen atoms in total. The van der Waals surface area contributed by atoms with Crippen molar-refractivity contribution in [3.05, 3.63) is 16.1 Å². The van der Waals surface area contributed by atoms with E-state index in [1.807, 2.05) is 0 Å². The van der Waals surface area contributed by atoms with Crippen molar-refractivity contribution in [3.8, 4) is 0 Å². The molecule has 0 radical (unpaired) electrons. The summed E-state index contributed by atoms with van der Waals surface area (Å²) in [6, 6.07) is -0.798. The van der Waals surface area contributed by atoms with Crippen molar-refractivity contribution in [1.29, 1.82) is 0 Å². The van der Waals surface area contributed by atoms with Crippen LogP contribution in [0.4, 0.5) is 13.2 Å². The lowest BCUT2D eigenvalue weighted by Gasteiger charge is -2.25. The lowest BCUT2D eigenvalue weighted by Crippen LogP contribution is -2.45. The number of amides is 2. The second kappa shape index (κ2) is 5.39. The summed E-state index contributed by atoms with van der Waals surface area (Å²) < 4.78 is 38.3. The molecular weight excluding hydrogens is 295 g/mol. The first-order valence-electron chi connectivity index (χ1n) is 5.91. The van der Waals surface area contributed by atoms with E-state index in [4.69, 9.17) is 0 Å². The number of thiazole rings is 1.